The molecule has 1 amide bonds. The van der Waals surface area contributed by atoms with Gasteiger partial charge in [-0.3, -0.25) is 9.69 Å². The van der Waals surface area contributed by atoms with E-state index in [9.17, 15) is 4.79 Å². The molecular weight excluding hydrogens is 350 g/mol. The Kier molecular flexibility index (Phi) is 4.71. The smallest absolute Gasteiger partial charge is 0.270 e. The van der Waals surface area contributed by atoms with Crippen LogP contribution in [0.25, 0.3) is 6.08 Å². The SMILES string of the molecule is COc1ccc(/C=C2/SC(=S)N(c3ccc(Cl)cc3)C2=O)cc1. The molecule has 0 saturated carbocycles. The quantitative estimate of drug-likeness (QED) is 0.582. The summed E-state index contributed by atoms with van der Waals surface area (Å²) in [4.78, 5) is 14.7. The first kappa shape index (κ1) is 16.1. The minimum atomic E-state index is -0.127. The third-order valence-electron chi connectivity index (χ3n) is 3.29. The Hall–Kier alpha value is -1.82. The number of carbonyl (C=O) groups excluding carboxylic acids is 1. The molecular formula is C17H12ClNO2S2. The molecule has 0 aromatic heterocycles. The average Bonchev–Trinajstić information content (AvgIpc) is 2.83. The molecule has 0 spiro atoms. The first-order chi connectivity index (χ1) is 11.1. The van der Waals surface area contributed by atoms with E-state index in [1.807, 2.05) is 30.3 Å². The maximum absolute atomic E-state index is 12.6. The molecule has 3 nitrogen and oxygen atoms in total. The van der Waals surface area contributed by atoms with Gasteiger partial charge >= 0.3 is 0 Å². The lowest BCUT2D eigenvalue weighted by molar-refractivity contribution is -0.113. The zero-order chi connectivity index (χ0) is 16.4. The van der Waals surface area contributed by atoms with Crippen LogP contribution in [-0.2, 0) is 4.79 Å². The van der Waals surface area contributed by atoms with Gasteiger partial charge < -0.3 is 4.74 Å². The van der Waals surface area contributed by atoms with E-state index in [1.54, 1.807) is 31.4 Å². The maximum atomic E-state index is 12.6. The second-order valence-electron chi connectivity index (χ2n) is 4.77. The number of benzene rings is 2. The van der Waals surface area contributed by atoms with Gasteiger partial charge in [-0.05, 0) is 48.0 Å². The van der Waals surface area contributed by atoms with Crippen molar-refractivity contribution in [2.75, 3.05) is 12.0 Å². The predicted octanol–water partition coefficient (Wildman–Crippen LogP) is 4.75. The Balaban J connectivity index is 1.88. The number of thiocarbonyl (C=S) groups is 1. The van der Waals surface area contributed by atoms with Crippen LogP contribution in [0.3, 0.4) is 0 Å². The molecule has 0 N–H and O–H groups in total. The molecule has 0 aliphatic carbocycles. The van der Waals surface area contributed by atoms with Gasteiger partial charge in [0.1, 0.15) is 5.75 Å². The van der Waals surface area contributed by atoms with Crippen LogP contribution in [-0.4, -0.2) is 17.3 Å². The molecule has 1 fully saturated rings. The number of halogens is 1. The number of hydrogen-bond donors (Lipinski definition) is 0. The lowest BCUT2D eigenvalue weighted by Gasteiger charge is -2.14. The third kappa shape index (κ3) is 3.42. The molecule has 1 aliphatic rings. The standard InChI is InChI=1S/C17H12ClNO2S2/c1-21-14-8-2-11(3-9-14)10-15-16(20)19(17(22)23-15)13-6-4-12(18)5-7-13/h2-10H,1H3/b15-10+. The Morgan fingerprint density at radius 1 is 1.13 bits per heavy atom. The van der Waals surface area contributed by atoms with Crippen molar-refractivity contribution < 1.29 is 9.53 Å². The molecule has 23 heavy (non-hydrogen) atoms. The van der Waals surface area contributed by atoms with Crippen LogP contribution in [0.4, 0.5) is 5.69 Å². The summed E-state index contributed by atoms with van der Waals surface area (Å²) in [6, 6.07) is 14.5. The molecule has 3 rings (SSSR count). The minimum absolute atomic E-state index is 0.127. The van der Waals surface area contributed by atoms with Gasteiger partial charge in [0.15, 0.2) is 4.32 Å². The van der Waals surface area contributed by atoms with Crippen molar-refractivity contribution in [3.8, 4) is 5.75 Å². The van der Waals surface area contributed by atoms with E-state index >= 15 is 0 Å². The van der Waals surface area contributed by atoms with Crippen molar-refractivity contribution in [2.24, 2.45) is 0 Å². The van der Waals surface area contributed by atoms with Gasteiger partial charge in [0.05, 0.1) is 17.7 Å². The van der Waals surface area contributed by atoms with Crippen LogP contribution in [0, 0.1) is 0 Å². The van der Waals surface area contributed by atoms with E-state index in [1.165, 1.54) is 16.7 Å². The zero-order valence-corrected chi connectivity index (χ0v) is 14.5. The van der Waals surface area contributed by atoms with Gasteiger partial charge in [0.2, 0.25) is 0 Å². The molecule has 1 heterocycles. The molecule has 0 bridgehead atoms. The van der Waals surface area contributed by atoms with Gasteiger partial charge in [-0.25, -0.2) is 0 Å². The van der Waals surface area contributed by atoms with Gasteiger partial charge in [0.25, 0.3) is 5.91 Å². The monoisotopic (exact) mass is 361 g/mol. The fourth-order valence-electron chi connectivity index (χ4n) is 2.13. The summed E-state index contributed by atoms with van der Waals surface area (Å²) in [6.45, 7) is 0. The second-order valence-corrected chi connectivity index (χ2v) is 6.88. The van der Waals surface area contributed by atoms with Crippen LogP contribution in [0.1, 0.15) is 5.56 Å². The number of rotatable bonds is 3. The minimum Gasteiger partial charge on any atom is -0.497 e. The molecule has 1 aliphatic heterocycles. The molecule has 0 unspecified atom stereocenters. The molecule has 0 radical (unpaired) electrons. The van der Waals surface area contributed by atoms with Crippen molar-refractivity contribution in [3.63, 3.8) is 0 Å². The Bertz CT molecular complexity index is 785. The molecule has 2 aromatic rings. The second kappa shape index (κ2) is 6.74. The summed E-state index contributed by atoms with van der Waals surface area (Å²) < 4.78 is 5.64. The van der Waals surface area contributed by atoms with Gasteiger partial charge in [-0.1, -0.05) is 47.7 Å². The average molecular weight is 362 g/mol. The Morgan fingerprint density at radius 2 is 1.78 bits per heavy atom. The molecule has 2 aromatic carbocycles. The lowest BCUT2D eigenvalue weighted by Crippen LogP contribution is -2.27. The summed E-state index contributed by atoms with van der Waals surface area (Å²) in [5.41, 5.74) is 1.64. The van der Waals surface area contributed by atoms with Crippen LogP contribution < -0.4 is 9.64 Å². The summed E-state index contributed by atoms with van der Waals surface area (Å²) in [5.74, 6) is 0.647. The maximum Gasteiger partial charge on any atom is 0.270 e. The number of methoxy groups -OCH3 is 1. The summed E-state index contributed by atoms with van der Waals surface area (Å²) >= 11 is 12.5. The number of ether oxygens (including phenoxy) is 1. The lowest BCUT2D eigenvalue weighted by atomic mass is 10.2. The van der Waals surface area contributed by atoms with E-state index in [0.717, 1.165) is 17.0 Å². The van der Waals surface area contributed by atoms with E-state index in [-0.39, 0.29) is 5.91 Å². The topological polar surface area (TPSA) is 29.5 Å². The van der Waals surface area contributed by atoms with Crippen LogP contribution in [0.15, 0.2) is 53.4 Å². The highest BCUT2D eigenvalue weighted by molar-refractivity contribution is 8.27. The normalized spacial score (nSPS) is 16.3. The van der Waals surface area contributed by atoms with E-state index in [2.05, 4.69) is 0 Å². The summed E-state index contributed by atoms with van der Waals surface area (Å²) in [5, 5.41) is 0.618. The van der Waals surface area contributed by atoms with Crippen molar-refractivity contribution in [1.82, 2.24) is 0 Å². The highest BCUT2D eigenvalue weighted by Gasteiger charge is 2.33. The Morgan fingerprint density at radius 3 is 2.39 bits per heavy atom. The highest BCUT2D eigenvalue weighted by Crippen LogP contribution is 2.36. The van der Waals surface area contributed by atoms with Crippen molar-refractivity contribution in [1.29, 1.82) is 0 Å². The van der Waals surface area contributed by atoms with Crippen molar-refractivity contribution in [3.05, 3.63) is 64.0 Å². The van der Waals surface area contributed by atoms with Crippen LogP contribution in [0.2, 0.25) is 5.02 Å². The Labute approximate surface area is 148 Å². The molecule has 1 saturated heterocycles. The molecule has 6 heteroatoms. The van der Waals surface area contributed by atoms with Crippen LogP contribution in [0.5, 0.6) is 5.75 Å². The van der Waals surface area contributed by atoms with E-state index in [0.29, 0.717) is 14.2 Å². The summed E-state index contributed by atoms with van der Waals surface area (Å²) in [7, 11) is 1.62. The van der Waals surface area contributed by atoms with Crippen molar-refractivity contribution in [2.45, 2.75) is 0 Å². The van der Waals surface area contributed by atoms with E-state index < -0.39 is 0 Å². The molecule has 116 valence electrons. The number of carbonyl (C=O) groups is 1. The number of amides is 1. The number of nitrogens with zero attached hydrogens (tertiary/aromatic N) is 1. The van der Waals surface area contributed by atoms with Crippen LogP contribution >= 0.6 is 35.6 Å². The number of anilines is 1. The zero-order valence-electron chi connectivity index (χ0n) is 12.2. The van der Waals surface area contributed by atoms with Crippen molar-refractivity contribution >= 4 is 57.6 Å². The summed E-state index contributed by atoms with van der Waals surface area (Å²) in [6.07, 6.45) is 1.83. The van der Waals surface area contributed by atoms with Gasteiger partial charge in [-0.2, -0.15) is 0 Å². The first-order valence-electron chi connectivity index (χ1n) is 6.76. The number of thioether (sulfide) groups is 1. The fourth-order valence-corrected chi connectivity index (χ4v) is 3.56. The van der Waals surface area contributed by atoms with E-state index in [4.69, 9.17) is 28.6 Å². The molecule has 0 atom stereocenters. The number of hydrogen-bond acceptors (Lipinski definition) is 4. The first-order valence-corrected chi connectivity index (χ1v) is 8.36. The third-order valence-corrected chi connectivity index (χ3v) is 4.85. The fraction of sp³-hybridized carbons (Fsp3) is 0.0588. The van der Waals surface area contributed by atoms with Gasteiger partial charge in [-0.15, -0.1) is 0 Å². The largest absolute Gasteiger partial charge is 0.497 e. The predicted molar refractivity (Wildman–Crippen MR) is 100 cm³/mol. The highest BCUT2D eigenvalue weighted by atomic mass is 35.5. The van der Waals surface area contributed by atoms with Gasteiger partial charge in [0, 0.05) is 5.02 Å².